The molecule has 0 bridgehead atoms. The molecule has 56 valence electrons. The van der Waals surface area contributed by atoms with E-state index in [1.807, 2.05) is 6.92 Å². The largest absolute Gasteiger partial charge is 0.404 e. The maximum Gasteiger partial charge on any atom is 0.149 e. The Balaban J connectivity index is 2.88. The highest BCUT2D eigenvalue weighted by Gasteiger charge is 1.94. The summed E-state index contributed by atoms with van der Waals surface area (Å²) in [7, 11) is 0.735. The van der Waals surface area contributed by atoms with Gasteiger partial charge in [-0.3, -0.25) is 0 Å². The van der Waals surface area contributed by atoms with Gasteiger partial charge in [-0.15, -0.1) is 0 Å². The molecule has 1 atom stereocenters. The maximum absolute atomic E-state index is 5.24. The van der Waals surface area contributed by atoms with Gasteiger partial charge in [-0.05, 0) is 19.9 Å². The second-order valence-corrected chi connectivity index (χ2v) is 2.29. The van der Waals surface area contributed by atoms with Crippen molar-refractivity contribution in [3.63, 3.8) is 0 Å². The predicted molar refractivity (Wildman–Crippen MR) is 40.1 cm³/mol. The topological polar surface area (TPSA) is 44.5 Å². The Bertz CT molecular complexity index is 62.9. The zero-order valence-electron chi connectivity index (χ0n) is 6.09. The summed E-state index contributed by atoms with van der Waals surface area (Å²) in [5.41, 5.74) is 5.24. The lowest BCUT2D eigenvalue weighted by atomic mass is 10.5. The summed E-state index contributed by atoms with van der Waals surface area (Å²) in [5.74, 6) is 0. The molecule has 0 fully saturated rings. The Kier molecular flexibility index (Phi) is 6.29. The van der Waals surface area contributed by atoms with Crippen LogP contribution in [0, 0.1) is 0 Å². The van der Waals surface area contributed by atoms with E-state index in [0.717, 1.165) is 16.9 Å². The summed E-state index contributed by atoms with van der Waals surface area (Å²) in [6, 6.07) is 0. The molecule has 1 unspecified atom stereocenters. The molecule has 0 saturated carbocycles. The van der Waals surface area contributed by atoms with E-state index in [9.17, 15) is 0 Å². The van der Waals surface area contributed by atoms with E-state index < -0.39 is 0 Å². The number of hydrogen-bond acceptors (Lipinski definition) is 3. The lowest BCUT2D eigenvalue weighted by molar-refractivity contribution is -0.0629. The molecule has 0 aliphatic rings. The Morgan fingerprint density at radius 2 is 2.33 bits per heavy atom. The lowest BCUT2D eigenvalue weighted by Gasteiger charge is -2.09. The van der Waals surface area contributed by atoms with Gasteiger partial charge in [-0.2, -0.15) is 0 Å². The molecule has 2 N–H and O–H groups in total. The van der Waals surface area contributed by atoms with Gasteiger partial charge < -0.3 is 14.9 Å². The first-order valence-corrected chi connectivity index (χ1v) is 3.97. The van der Waals surface area contributed by atoms with Gasteiger partial charge in [-0.25, -0.2) is 0 Å². The third-order valence-corrected chi connectivity index (χ3v) is 1.70. The van der Waals surface area contributed by atoms with E-state index in [2.05, 4.69) is 0 Å². The third kappa shape index (κ3) is 5.98. The first kappa shape index (κ1) is 9.10. The summed E-state index contributed by atoms with van der Waals surface area (Å²) >= 11 is 0. The minimum Gasteiger partial charge on any atom is -0.404 e. The van der Waals surface area contributed by atoms with Gasteiger partial charge in [0.1, 0.15) is 16.8 Å². The average molecular weight is 149 g/mol. The van der Waals surface area contributed by atoms with E-state index in [1.54, 1.807) is 0 Å². The van der Waals surface area contributed by atoms with E-state index in [-0.39, 0.29) is 6.29 Å². The molecule has 0 aromatic heterocycles. The van der Waals surface area contributed by atoms with Crippen LogP contribution < -0.4 is 5.73 Å². The minimum atomic E-state index is -0.0387. The van der Waals surface area contributed by atoms with Crippen molar-refractivity contribution in [1.82, 2.24) is 0 Å². The Morgan fingerprint density at radius 1 is 1.67 bits per heavy atom. The summed E-state index contributed by atoms with van der Waals surface area (Å²) in [4.78, 5) is 0. The highest BCUT2D eigenvalue weighted by atomic mass is 28.2. The van der Waals surface area contributed by atoms with Crippen molar-refractivity contribution in [3.8, 4) is 0 Å². The number of ether oxygens (including phenoxy) is 1. The molecule has 0 aliphatic heterocycles. The summed E-state index contributed by atoms with van der Waals surface area (Å²) in [6.45, 7) is 3.29. The smallest absolute Gasteiger partial charge is 0.149 e. The van der Waals surface area contributed by atoms with E-state index in [0.29, 0.717) is 13.2 Å². The number of rotatable bonds is 5. The van der Waals surface area contributed by atoms with Crippen LogP contribution in [-0.2, 0) is 9.16 Å². The molecule has 3 nitrogen and oxygen atoms in total. The maximum atomic E-state index is 5.24. The highest BCUT2D eigenvalue weighted by Crippen LogP contribution is 1.90. The van der Waals surface area contributed by atoms with Crippen LogP contribution in [0.2, 0.25) is 0 Å². The van der Waals surface area contributed by atoms with Gasteiger partial charge in [0, 0.05) is 0 Å². The van der Waals surface area contributed by atoms with Gasteiger partial charge in [-0.1, -0.05) is 0 Å². The second kappa shape index (κ2) is 6.22. The molecule has 0 saturated heterocycles. The van der Waals surface area contributed by atoms with Gasteiger partial charge in [0.25, 0.3) is 0 Å². The fraction of sp³-hybridized carbons (Fsp3) is 1.00. The molecule has 0 aromatic carbocycles. The van der Waals surface area contributed by atoms with Crippen LogP contribution in [0.3, 0.4) is 0 Å². The number of hydrogen-bond donors (Lipinski definition) is 1. The molecule has 0 spiro atoms. The average Bonchev–Trinajstić information content (AvgIpc) is 1.89. The van der Waals surface area contributed by atoms with Crippen LogP contribution in [0.15, 0.2) is 0 Å². The fourth-order valence-electron chi connectivity index (χ4n) is 0.401. The van der Waals surface area contributed by atoms with Gasteiger partial charge in [0.15, 0.2) is 0 Å². The monoisotopic (exact) mass is 149 g/mol. The van der Waals surface area contributed by atoms with Crippen molar-refractivity contribution < 1.29 is 9.16 Å². The minimum absolute atomic E-state index is 0.0387. The molecule has 0 aromatic rings. The van der Waals surface area contributed by atoms with Crippen molar-refractivity contribution in [3.05, 3.63) is 0 Å². The van der Waals surface area contributed by atoms with Crippen LogP contribution >= 0.6 is 0 Å². The Labute approximate surface area is 59.1 Å². The molecule has 0 amide bonds. The standard InChI is InChI=1S/C5H15NO2Si/c1-5(8-9)7-4-2-3-6/h5H,2-4,6H2,1,9H3. The fourth-order valence-corrected chi connectivity index (χ4v) is 0.537. The van der Waals surface area contributed by atoms with Gasteiger partial charge in [0.2, 0.25) is 0 Å². The van der Waals surface area contributed by atoms with Gasteiger partial charge in [0.05, 0.1) is 6.61 Å². The third-order valence-electron chi connectivity index (χ3n) is 1.03. The SMILES string of the molecule is CC(O[SiH3])OCCCN. The van der Waals surface area contributed by atoms with Crippen molar-refractivity contribution >= 4 is 10.5 Å². The summed E-state index contributed by atoms with van der Waals surface area (Å²) < 4.78 is 10.1. The van der Waals surface area contributed by atoms with Crippen molar-refractivity contribution in [2.45, 2.75) is 19.6 Å². The van der Waals surface area contributed by atoms with Crippen molar-refractivity contribution in [2.75, 3.05) is 13.2 Å². The van der Waals surface area contributed by atoms with Crippen molar-refractivity contribution in [1.29, 1.82) is 0 Å². The summed E-state index contributed by atoms with van der Waals surface area (Å²) in [5, 5.41) is 0. The van der Waals surface area contributed by atoms with E-state index >= 15 is 0 Å². The Hall–Kier alpha value is 0.0969. The second-order valence-electron chi connectivity index (χ2n) is 1.82. The van der Waals surface area contributed by atoms with E-state index in [4.69, 9.17) is 14.9 Å². The molecular formula is C5H15NO2Si. The van der Waals surface area contributed by atoms with Crippen LogP contribution in [0.1, 0.15) is 13.3 Å². The molecule has 0 aliphatic carbocycles. The Morgan fingerprint density at radius 3 is 2.78 bits per heavy atom. The first-order valence-electron chi connectivity index (χ1n) is 3.15. The first-order chi connectivity index (χ1) is 4.31. The van der Waals surface area contributed by atoms with Crippen LogP contribution in [-0.4, -0.2) is 29.9 Å². The van der Waals surface area contributed by atoms with Crippen LogP contribution in [0.25, 0.3) is 0 Å². The zero-order chi connectivity index (χ0) is 7.11. The molecule has 0 rings (SSSR count). The zero-order valence-corrected chi connectivity index (χ0v) is 8.09. The molecular weight excluding hydrogens is 134 g/mol. The van der Waals surface area contributed by atoms with Gasteiger partial charge >= 0.3 is 0 Å². The molecule has 0 radical (unpaired) electrons. The summed E-state index contributed by atoms with van der Waals surface area (Å²) in [6.07, 6.45) is 0.873. The normalized spacial score (nSPS) is 14.0. The van der Waals surface area contributed by atoms with Crippen LogP contribution in [0.4, 0.5) is 0 Å². The molecule has 9 heavy (non-hydrogen) atoms. The van der Waals surface area contributed by atoms with E-state index in [1.165, 1.54) is 0 Å². The number of nitrogens with two attached hydrogens (primary N) is 1. The molecule has 4 heteroatoms. The quantitative estimate of drug-likeness (QED) is 0.310. The van der Waals surface area contributed by atoms with Crippen molar-refractivity contribution in [2.24, 2.45) is 5.73 Å². The molecule has 0 heterocycles. The highest BCUT2D eigenvalue weighted by molar-refractivity contribution is 5.98. The predicted octanol–water partition coefficient (Wildman–Crippen LogP) is -1.01. The van der Waals surface area contributed by atoms with Crippen LogP contribution in [0.5, 0.6) is 0 Å². The lowest BCUT2D eigenvalue weighted by Crippen LogP contribution is -2.13.